The lowest BCUT2D eigenvalue weighted by molar-refractivity contribution is 0.102. The van der Waals surface area contributed by atoms with E-state index in [1.54, 1.807) is 0 Å². The SMILES string of the molecule is C=CCn1c(CSc2nc(C)cc(C)n2)nnc1SCC(=O)c1c(C)cc(C)cc1C. The predicted octanol–water partition coefficient (Wildman–Crippen LogP) is 5.06. The van der Waals surface area contributed by atoms with Gasteiger partial charge in [-0.25, -0.2) is 9.97 Å². The molecule has 3 aromatic rings. The second kappa shape index (κ2) is 10.2. The summed E-state index contributed by atoms with van der Waals surface area (Å²) in [6, 6.07) is 6.05. The van der Waals surface area contributed by atoms with Gasteiger partial charge in [-0.2, -0.15) is 0 Å². The minimum atomic E-state index is 0.104. The number of carbonyl (C=O) groups is 1. The fourth-order valence-corrected chi connectivity index (χ4v) is 5.28. The molecule has 0 spiro atoms. The summed E-state index contributed by atoms with van der Waals surface area (Å²) in [5.41, 5.74) is 5.89. The van der Waals surface area contributed by atoms with Crippen LogP contribution in [0.2, 0.25) is 0 Å². The van der Waals surface area contributed by atoms with Gasteiger partial charge in [0.15, 0.2) is 16.1 Å². The monoisotopic (exact) mass is 453 g/mol. The Morgan fingerprint density at radius 1 is 1.00 bits per heavy atom. The number of hydrogen-bond acceptors (Lipinski definition) is 7. The Bertz CT molecular complexity index is 1080. The first-order valence-corrected chi connectivity index (χ1v) is 12.0. The van der Waals surface area contributed by atoms with Crippen molar-refractivity contribution in [2.75, 3.05) is 5.75 Å². The summed E-state index contributed by atoms with van der Waals surface area (Å²) in [5.74, 6) is 1.82. The summed E-state index contributed by atoms with van der Waals surface area (Å²) in [7, 11) is 0. The number of allylic oxidation sites excluding steroid dienone is 1. The van der Waals surface area contributed by atoms with Gasteiger partial charge in [-0.15, -0.1) is 16.8 Å². The molecule has 3 rings (SSSR count). The van der Waals surface area contributed by atoms with E-state index in [1.807, 2.05) is 51.3 Å². The summed E-state index contributed by atoms with van der Waals surface area (Å²) in [6.45, 7) is 14.4. The molecule has 0 aliphatic carbocycles. The van der Waals surface area contributed by atoms with E-state index in [0.717, 1.165) is 39.1 Å². The Morgan fingerprint density at radius 2 is 1.65 bits per heavy atom. The first-order chi connectivity index (χ1) is 14.8. The Morgan fingerprint density at radius 3 is 2.26 bits per heavy atom. The largest absolute Gasteiger partial charge is 0.301 e. The maximum Gasteiger partial charge on any atom is 0.191 e. The average molecular weight is 454 g/mol. The van der Waals surface area contributed by atoms with E-state index in [1.165, 1.54) is 29.1 Å². The van der Waals surface area contributed by atoms with E-state index < -0.39 is 0 Å². The standard InChI is InChI=1S/C23H27N5OS2/c1-7-8-28-20(13-30-22-24-17(5)11-18(6)25-22)26-27-23(28)31-12-19(29)21-15(3)9-14(2)10-16(21)4/h7,9-11H,1,8,12-13H2,2-6H3. The number of aryl methyl sites for hydroxylation is 5. The zero-order chi connectivity index (χ0) is 22.5. The predicted molar refractivity (Wildman–Crippen MR) is 127 cm³/mol. The van der Waals surface area contributed by atoms with Gasteiger partial charge < -0.3 is 4.57 Å². The van der Waals surface area contributed by atoms with Gasteiger partial charge in [0.05, 0.1) is 11.5 Å². The Labute approximate surface area is 192 Å². The van der Waals surface area contributed by atoms with Gasteiger partial charge in [0.2, 0.25) is 0 Å². The van der Waals surface area contributed by atoms with Gasteiger partial charge >= 0.3 is 0 Å². The summed E-state index contributed by atoms with van der Waals surface area (Å²) in [4.78, 5) is 21.8. The van der Waals surface area contributed by atoms with Crippen LogP contribution >= 0.6 is 23.5 Å². The van der Waals surface area contributed by atoms with Crippen LogP contribution in [0, 0.1) is 34.6 Å². The van der Waals surface area contributed by atoms with Gasteiger partial charge in [-0.3, -0.25) is 4.79 Å². The van der Waals surface area contributed by atoms with Crippen LogP contribution in [-0.2, 0) is 12.3 Å². The Hall–Kier alpha value is -2.45. The number of carbonyl (C=O) groups excluding carboxylic acids is 1. The van der Waals surface area contributed by atoms with Gasteiger partial charge in [0.1, 0.15) is 5.82 Å². The summed E-state index contributed by atoms with van der Waals surface area (Å²) in [5, 5.41) is 10.1. The van der Waals surface area contributed by atoms with Crippen LogP contribution in [0.15, 0.2) is 41.2 Å². The van der Waals surface area contributed by atoms with Crippen LogP contribution in [0.5, 0.6) is 0 Å². The molecule has 0 amide bonds. The fraction of sp³-hybridized carbons (Fsp3) is 0.348. The number of benzene rings is 1. The molecule has 2 heterocycles. The minimum absolute atomic E-state index is 0.104. The normalized spacial score (nSPS) is 11.0. The molecule has 2 aromatic heterocycles. The number of thioether (sulfide) groups is 2. The quantitative estimate of drug-likeness (QED) is 0.194. The molecule has 8 heteroatoms. The highest BCUT2D eigenvalue weighted by molar-refractivity contribution is 7.99. The van der Waals surface area contributed by atoms with E-state index in [4.69, 9.17) is 0 Å². The lowest BCUT2D eigenvalue weighted by Crippen LogP contribution is -2.09. The molecule has 0 atom stereocenters. The van der Waals surface area contributed by atoms with E-state index in [9.17, 15) is 4.79 Å². The van der Waals surface area contributed by atoms with Crippen LogP contribution in [0.4, 0.5) is 0 Å². The van der Waals surface area contributed by atoms with Crippen LogP contribution < -0.4 is 0 Å². The smallest absolute Gasteiger partial charge is 0.191 e. The molecule has 31 heavy (non-hydrogen) atoms. The zero-order valence-electron chi connectivity index (χ0n) is 18.6. The molecule has 0 radical (unpaired) electrons. The van der Waals surface area contributed by atoms with E-state index in [0.29, 0.717) is 23.2 Å². The molecule has 162 valence electrons. The molecule has 1 aromatic carbocycles. The molecule has 0 fully saturated rings. The van der Waals surface area contributed by atoms with Crippen molar-refractivity contribution < 1.29 is 4.79 Å². The van der Waals surface area contributed by atoms with Crippen molar-refractivity contribution in [3.05, 3.63) is 70.3 Å². The molecule has 0 saturated heterocycles. The second-order valence-corrected chi connectivity index (χ2v) is 9.39. The van der Waals surface area contributed by atoms with Gasteiger partial charge in [-0.05, 0) is 51.8 Å². The Kier molecular flexibility index (Phi) is 7.67. The number of ketones is 1. The minimum Gasteiger partial charge on any atom is -0.301 e. The number of hydrogen-bond donors (Lipinski definition) is 0. The molecule has 0 aliphatic heterocycles. The van der Waals surface area contributed by atoms with Crippen molar-refractivity contribution >= 4 is 29.3 Å². The second-order valence-electron chi connectivity index (χ2n) is 7.51. The summed E-state index contributed by atoms with van der Waals surface area (Å²) in [6.07, 6.45) is 1.81. The van der Waals surface area contributed by atoms with E-state index >= 15 is 0 Å². The van der Waals surface area contributed by atoms with Crippen molar-refractivity contribution in [2.45, 2.75) is 57.2 Å². The maximum atomic E-state index is 12.9. The van der Waals surface area contributed by atoms with Gasteiger partial charge in [0, 0.05) is 23.5 Å². The molecule has 0 unspecified atom stereocenters. The number of rotatable bonds is 9. The number of aromatic nitrogens is 5. The van der Waals surface area contributed by atoms with Crippen molar-refractivity contribution in [1.29, 1.82) is 0 Å². The van der Waals surface area contributed by atoms with Crippen molar-refractivity contribution in [2.24, 2.45) is 0 Å². The maximum absolute atomic E-state index is 12.9. The highest BCUT2D eigenvalue weighted by Crippen LogP contribution is 2.25. The summed E-state index contributed by atoms with van der Waals surface area (Å²) < 4.78 is 2.00. The third-order valence-corrected chi connectivity index (χ3v) is 6.50. The topological polar surface area (TPSA) is 73.6 Å². The van der Waals surface area contributed by atoms with Crippen LogP contribution in [0.3, 0.4) is 0 Å². The number of Topliss-reactive ketones (excluding diaryl/α,β-unsaturated/α-hetero) is 1. The van der Waals surface area contributed by atoms with E-state index in [2.05, 4.69) is 38.9 Å². The average Bonchev–Trinajstić information content (AvgIpc) is 3.05. The summed E-state index contributed by atoms with van der Waals surface area (Å²) >= 11 is 2.94. The Balaban J connectivity index is 1.73. The van der Waals surface area contributed by atoms with Crippen LogP contribution in [0.1, 0.15) is 44.3 Å². The molecule has 0 aliphatic rings. The van der Waals surface area contributed by atoms with E-state index in [-0.39, 0.29) is 5.78 Å². The first-order valence-electron chi connectivity index (χ1n) is 10.0. The molecular weight excluding hydrogens is 426 g/mol. The third-order valence-electron chi connectivity index (χ3n) is 4.69. The first kappa shape index (κ1) is 23.2. The molecule has 0 bridgehead atoms. The highest BCUT2D eigenvalue weighted by atomic mass is 32.2. The van der Waals surface area contributed by atoms with Gasteiger partial charge in [0.25, 0.3) is 0 Å². The third kappa shape index (κ3) is 5.83. The van der Waals surface area contributed by atoms with Crippen LogP contribution in [-0.4, -0.2) is 36.3 Å². The lowest BCUT2D eigenvalue weighted by atomic mass is 9.97. The highest BCUT2D eigenvalue weighted by Gasteiger charge is 2.17. The molecular formula is C23H27N5OS2. The van der Waals surface area contributed by atoms with Crippen molar-refractivity contribution in [1.82, 2.24) is 24.7 Å². The number of nitrogens with zero attached hydrogens (tertiary/aromatic N) is 5. The van der Waals surface area contributed by atoms with Crippen LogP contribution in [0.25, 0.3) is 0 Å². The van der Waals surface area contributed by atoms with Gasteiger partial charge in [-0.1, -0.05) is 47.3 Å². The molecule has 0 saturated carbocycles. The molecule has 6 nitrogen and oxygen atoms in total. The van der Waals surface area contributed by atoms with Crippen molar-refractivity contribution in [3.8, 4) is 0 Å². The fourth-order valence-electron chi connectivity index (χ4n) is 3.55. The molecule has 0 N–H and O–H groups in total. The lowest BCUT2D eigenvalue weighted by Gasteiger charge is -2.11. The van der Waals surface area contributed by atoms with Crippen molar-refractivity contribution in [3.63, 3.8) is 0 Å². The zero-order valence-corrected chi connectivity index (χ0v) is 20.2.